The Morgan fingerprint density at radius 2 is 1.82 bits per heavy atom. The molecule has 0 aliphatic rings. The SMILES string of the molecule is COP(=O)(OC)C(=Cc1ccccc1)NC=O. The van der Waals surface area contributed by atoms with Gasteiger partial charge in [-0.05, 0) is 11.6 Å². The largest absolute Gasteiger partial charge is 0.376 e. The van der Waals surface area contributed by atoms with Gasteiger partial charge in [-0.1, -0.05) is 30.3 Å². The van der Waals surface area contributed by atoms with Gasteiger partial charge in [0, 0.05) is 14.2 Å². The van der Waals surface area contributed by atoms with Crippen LogP contribution in [0.5, 0.6) is 0 Å². The van der Waals surface area contributed by atoms with E-state index in [0.717, 1.165) is 5.56 Å². The molecule has 1 N–H and O–H groups in total. The fourth-order valence-electron chi connectivity index (χ4n) is 1.24. The van der Waals surface area contributed by atoms with Gasteiger partial charge in [-0.25, -0.2) is 0 Å². The lowest BCUT2D eigenvalue weighted by Crippen LogP contribution is -2.12. The molecule has 0 unspecified atom stereocenters. The van der Waals surface area contributed by atoms with Crippen LogP contribution in [0.3, 0.4) is 0 Å². The quantitative estimate of drug-likeness (QED) is 0.625. The maximum Gasteiger partial charge on any atom is 0.376 e. The number of nitrogens with one attached hydrogen (secondary N) is 1. The van der Waals surface area contributed by atoms with E-state index in [1.165, 1.54) is 14.2 Å². The van der Waals surface area contributed by atoms with Crippen molar-refractivity contribution < 1.29 is 18.4 Å². The minimum absolute atomic E-state index is 0.101. The standard InChI is InChI=1S/C11H14NO4P/c1-15-17(14,16-2)11(12-9-13)8-10-6-4-3-5-7-10/h3-9H,1-2H3,(H,12,13). The molecule has 92 valence electrons. The average Bonchev–Trinajstić information content (AvgIpc) is 2.38. The zero-order chi connectivity index (χ0) is 12.7. The van der Waals surface area contributed by atoms with Gasteiger partial charge < -0.3 is 14.4 Å². The third-order valence-corrected chi connectivity index (χ3v) is 3.90. The number of hydrogen-bond acceptors (Lipinski definition) is 4. The van der Waals surface area contributed by atoms with Crippen LogP contribution in [0.25, 0.3) is 6.08 Å². The van der Waals surface area contributed by atoms with Crippen LogP contribution in [0.15, 0.2) is 35.8 Å². The predicted molar refractivity (Wildman–Crippen MR) is 65.2 cm³/mol. The van der Waals surface area contributed by atoms with Crippen LogP contribution in [-0.2, 0) is 18.4 Å². The number of rotatable bonds is 6. The minimum Gasteiger partial charge on any atom is -0.322 e. The van der Waals surface area contributed by atoms with Crippen molar-refractivity contribution in [3.8, 4) is 0 Å². The van der Waals surface area contributed by atoms with Gasteiger partial charge >= 0.3 is 7.60 Å². The first-order valence-corrected chi connectivity index (χ1v) is 6.39. The lowest BCUT2D eigenvalue weighted by atomic mass is 10.2. The van der Waals surface area contributed by atoms with Crippen molar-refractivity contribution in [3.63, 3.8) is 0 Å². The van der Waals surface area contributed by atoms with Gasteiger partial charge in [-0.2, -0.15) is 0 Å². The van der Waals surface area contributed by atoms with Gasteiger partial charge in [0.05, 0.1) is 0 Å². The topological polar surface area (TPSA) is 64.6 Å². The molecule has 0 radical (unpaired) electrons. The third-order valence-electron chi connectivity index (χ3n) is 2.09. The highest BCUT2D eigenvalue weighted by Crippen LogP contribution is 2.53. The van der Waals surface area contributed by atoms with Gasteiger partial charge in [0.25, 0.3) is 0 Å². The van der Waals surface area contributed by atoms with Crippen molar-refractivity contribution in [3.05, 3.63) is 41.3 Å². The maximum atomic E-state index is 12.1. The van der Waals surface area contributed by atoms with E-state index in [1.54, 1.807) is 6.08 Å². The number of amides is 1. The Morgan fingerprint density at radius 3 is 2.29 bits per heavy atom. The second kappa shape index (κ2) is 6.35. The summed E-state index contributed by atoms with van der Waals surface area (Å²) < 4.78 is 21.7. The molecule has 1 aromatic carbocycles. The Kier molecular flexibility index (Phi) is 5.10. The first kappa shape index (κ1) is 13.6. The molecule has 1 amide bonds. The molecule has 1 aromatic rings. The monoisotopic (exact) mass is 255 g/mol. The second-order valence-corrected chi connectivity index (χ2v) is 5.27. The van der Waals surface area contributed by atoms with Crippen LogP contribution in [0.1, 0.15) is 5.56 Å². The molecular formula is C11H14NO4P. The highest BCUT2D eigenvalue weighted by atomic mass is 31.2. The first-order chi connectivity index (χ1) is 8.16. The van der Waals surface area contributed by atoms with Gasteiger partial charge in [0.2, 0.25) is 6.41 Å². The predicted octanol–water partition coefficient (Wildman–Crippen LogP) is 2.22. The van der Waals surface area contributed by atoms with Crippen molar-refractivity contribution in [1.82, 2.24) is 5.32 Å². The van der Waals surface area contributed by atoms with Gasteiger partial charge in [0.15, 0.2) is 0 Å². The van der Waals surface area contributed by atoms with Crippen molar-refractivity contribution in [2.24, 2.45) is 0 Å². The molecule has 17 heavy (non-hydrogen) atoms. The zero-order valence-corrected chi connectivity index (χ0v) is 10.5. The summed E-state index contributed by atoms with van der Waals surface area (Å²) in [7, 11) is -0.935. The highest BCUT2D eigenvalue weighted by Gasteiger charge is 2.27. The fourth-order valence-corrected chi connectivity index (χ4v) is 2.30. The fraction of sp³-hybridized carbons (Fsp3) is 0.182. The van der Waals surface area contributed by atoms with Crippen LogP contribution in [-0.4, -0.2) is 20.6 Å². The summed E-state index contributed by atoms with van der Waals surface area (Å²) in [5, 5.41) is 2.34. The van der Waals surface area contributed by atoms with E-state index in [9.17, 15) is 9.36 Å². The molecular weight excluding hydrogens is 241 g/mol. The van der Waals surface area contributed by atoms with E-state index in [0.29, 0.717) is 6.41 Å². The first-order valence-electron chi connectivity index (χ1n) is 4.85. The summed E-state index contributed by atoms with van der Waals surface area (Å²) in [5.74, 6) is 0. The molecule has 0 fully saturated rings. The smallest absolute Gasteiger partial charge is 0.322 e. The normalized spacial score (nSPS) is 12.2. The van der Waals surface area contributed by atoms with E-state index in [1.807, 2.05) is 30.3 Å². The molecule has 5 nitrogen and oxygen atoms in total. The molecule has 0 bridgehead atoms. The Bertz CT molecular complexity index is 436. The Balaban J connectivity index is 3.13. The number of carbonyl (C=O) groups is 1. The molecule has 1 rings (SSSR count). The van der Waals surface area contributed by atoms with Crippen LogP contribution < -0.4 is 5.32 Å². The van der Waals surface area contributed by atoms with E-state index in [2.05, 4.69) is 5.32 Å². The average molecular weight is 255 g/mol. The van der Waals surface area contributed by atoms with Crippen molar-refractivity contribution in [2.75, 3.05) is 14.2 Å². The molecule has 0 spiro atoms. The van der Waals surface area contributed by atoms with E-state index >= 15 is 0 Å². The highest BCUT2D eigenvalue weighted by molar-refractivity contribution is 7.58. The van der Waals surface area contributed by atoms with Gasteiger partial charge in [-0.15, -0.1) is 0 Å². The summed E-state index contributed by atoms with van der Waals surface area (Å²) >= 11 is 0. The number of hydrogen-bond donors (Lipinski definition) is 1. The molecule has 6 heteroatoms. The Labute approximate surface area is 100.0 Å². The van der Waals surface area contributed by atoms with Gasteiger partial charge in [0.1, 0.15) is 5.44 Å². The minimum atomic E-state index is -3.45. The Morgan fingerprint density at radius 1 is 1.24 bits per heavy atom. The molecule has 0 aromatic heterocycles. The second-order valence-electron chi connectivity index (χ2n) is 3.07. The molecule has 0 aliphatic carbocycles. The van der Waals surface area contributed by atoms with Crippen LogP contribution >= 0.6 is 7.60 Å². The van der Waals surface area contributed by atoms with Gasteiger partial charge in [-0.3, -0.25) is 9.36 Å². The van der Waals surface area contributed by atoms with Crippen molar-refractivity contribution in [2.45, 2.75) is 0 Å². The van der Waals surface area contributed by atoms with E-state index in [-0.39, 0.29) is 5.44 Å². The molecule has 0 heterocycles. The third kappa shape index (κ3) is 3.53. The maximum absolute atomic E-state index is 12.1. The number of benzene rings is 1. The number of carbonyl (C=O) groups excluding carboxylic acids is 1. The summed E-state index contributed by atoms with van der Waals surface area (Å²) in [6, 6.07) is 9.13. The van der Waals surface area contributed by atoms with E-state index < -0.39 is 7.60 Å². The van der Waals surface area contributed by atoms with Crippen LogP contribution in [0.4, 0.5) is 0 Å². The lowest BCUT2D eigenvalue weighted by Gasteiger charge is -2.16. The Hall–Kier alpha value is -1.42. The molecule has 0 aliphatic heterocycles. The summed E-state index contributed by atoms with van der Waals surface area (Å²) in [5.41, 5.74) is 0.884. The molecule has 0 saturated heterocycles. The molecule has 0 atom stereocenters. The zero-order valence-electron chi connectivity index (χ0n) is 9.62. The summed E-state index contributed by atoms with van der Waals surface area (Å²) in [6.45, 7) is 0. The van der Waals surface area contributed by atoms with Crippen LogP contribution in [0, 0.1) is 0 Å². The summed E-state index contributed by atoms with van der Waals surface area (Å²) in [4.78, 5) is 10.5. The summed E-state index contributed by atoms with van der Waals surface area (Å²) in [6.07, 6.45) is 1.97. The molecule has 0 saturated carbocycles. The van der Waals surface area contributed by atoms with Crippen molar-refractivity contribution >= 4 is 20.1 Å². The van der Waals surface area contributed by atoms with Crippen molar-refractivity contribution in [1.29, 1.82) is 0 Å². The van der Waals surface area contributed by atoms with E-state index in [4.69, 9.17) is 9.05 Å². The van der Waals surface area contributed by atoms with Crippen LogP contribution in [0.2, 0.25) is 0 Å². The lowest BCUT2D eigenvalue weighted by molar-refractivity contribution is -0.108.